The van der Waals surface area contributed by atoms with Crippen LogP contribution < -0.4 is 4.74 Å². The minimum Gasteiger partial charge on any atom is -0.487 e. The number of nitrogens with zero attached hydrogens (tertiary/aromatic N) is 2. The minimum absolute atomic E-state index is 0.201. The Kier molecular flexibility index (Phi) is 5.58. The molecule has 1 spiro atoms. The lowest BCUT2D eigenvalue weighted by Gasteiger charge is -2.46. The Balaban J connectivity index is 1.65. The van der Waals surface area contributed by atoms with Crippen molar-refractivity contribution >= 4 is 5.91 Å². The molecule has 0 saturated carbocycles. The molecule has 26 heavy (non-hydrogen) atoms. The number of benzene rings is 1. The highest BCUT2D eigenvalue weighted by Crippen LogP contribution is 2.45. The fourth-order valence-electron chi connectivity index (χ4n) is 4.19. The molecular weight excluding hydrogens is 328 g/mol. The zero-order chi connectivity index (χ0) is 18.9. The van der Waals surface area contributed by atoms with E-state index in [1.54, 1.807) is 0 Å². The number of ether oxygens (including phenoxy) is 1. The van der Waals surface area contributed by atoms with Crippen LogP contribution in [0.3, 0.4) is 0 Å². The number of fused-ring (bicyclic) bond motifs is 1. The molecule has 2 heterocycles. The van der Waals surface area contributed by atoms with Gasteiger partial charge in [-0.3, -0.25) is 9.69 Å². The maximum Gasteiger partial charge on any atom is 0.236 e. The van der Waals surface area contributed by atoms with Crippen molar-refractivity contribution in [1.29, 1.82) is 0 Å². The first kappa shape index (κ1) is 19.2. The molecule has 1 N–H and O–H groups in total. The quantitative estimate of drug-likeness (QED) is 0.897. The van der Waals surface area contributed by atoms with E-state index in [0.717, 1.165) is 50.3 Å². The first-order valence-electron chi connectivity index (χ1n) is 9.86. The van der Waals surface area contributed by atoms with Crippen molar-refractivity contribution in [2.45, 2.75) is 58.7 Å². The van der Waals surface area contributed by atoms with Gasteiger partial charge >= 0.3 is 0 Å². The van der Waals surface area contributed by atoms with Crippen molar-refractivity contribution < 1.29 is 14.6 Å². The van der Waals surface area contributed by atoms with Gasteiger partial charge < -0.3 is 14.7 Å². The zero-order valence-corrected chi connectivity index (χ0v) is 16.5. The number of carbonyl (C=O) groups is 1. The third-order valence-electron chi connectivity index (χ3n) is 6.12. The van der Waals surface area contributed by atoms with Crippen LogP contribution in [-0.4, -0.2) is 59.1 Å². The summed E-state index contributed by atoms with van der Waals surface area (Å²) in [6, 6.07) is 4.12. The number of likely N-dealkylation sites (tertiary alicyclic amines) is 1. The summed E-state index contributed by atoms with van der Waals surface area (Å²) >= 11 is 0. The van der Waals surface area contributed by atoms with Gasteiger partial charge in [-0.05, 0) is 63.8 Å². The van der Waals surface area contributed by atoms with Crippen LogP contribution in [0, 0.1) is 13.8 Å². The predicted molar refractivity (Wildman–Crippen MR) is 102 cm³/mol. The number of aliphatic hydroxyl groups is 1. The van der Waals surface area contributed by atoms with Gasteiger partial charge in [-0.1, -0.05) is 0 Å². The van der Waals surface area contributed by atoms with Gasteiger partial charge in [-0.25, -0.2) is 0 Å². The number of rotatable bonds is 4. The summed E-state index contributed by atoms with van der Waals surface area (Å²) in [5, 5.41) is 10.7. The van der Waals surface area contributed by atoms with Crippen molar-refractivity contribution in [2.24, 2.45) is 0 Å². The maximum absolute atomic E-state index is 12.3. The van der Waals surface area contributed by atoms with Gasteiger partial charge in [0, 0.05) is 38.2 Å². The Morgan fingerprint density at radius 2 is 1.85 bits per heavy atom. The minimum atomic E-state index is -0.470. The van der Waals surface area contributed by atoms with Gasteiger partial charge in [0.1, 0.15) is 11.4 Å². The highest BCUT2D eigenvalue weighted by molar-refractivity contribution is 5.78. The number of hydrogen-bond donors (Lipinski definition) is 1. The summed E-state index contributed by atoms with van der Waals surface area (Å²) in [7, 11) is 0. The highest BCUT2D eigenvalue weighted by Gasteiger charge is 2.43. The molecule has 144 valence electrons. The molecule has 5 nitrogen and oxygen atoms in total. The third-order valence-corrected chi connectivity index (χ3v) is 6.12. The Bertz CT molecular complexity index is 661. The van der Waals surface area contributed by atoms with Gasteiger partial charge in [0.25, 0.3) is 0 Å². The summed E-state index contributed by atoms with van der Waals surface area (Å²) in [4.78, 5) is 16.4. The van der Waals surface area contributed by atoms with Crippen molar-refractivity contribution in [3.05, 3.63) is 28.8 Å². The van der Waals surface area contributed by atoms with Crippen LogP contribution >= 0.6 is 0 Å². The molecule has 2 aliphatic rings. The lowest BCUT2D eigenvalue weighted by molar-refractivity contribution is -0.133. The first-order chi connectivity index (χ1) is 12.4. The summed E-state index contributed by atoms with van der Waals surface area (Å²) in [5.74, 6) is 1.03. The molecule has 0 aromatic heterocycles. The molecule has 1 fully saturated rings. The van der Waals surface area contributed by atoms with E-state index in [1.165, 1.54) is 11.1 Å². The van der Waals surface area contributed by atoms with Crippen molar-refractivity contribution in [3.63, 3.8) is 0 Å². The summed E-state index contributed by atoms with van der Waals surface area (Å²) in [6.07, 6.45) is 1.87. The Hall–Kier alpha value is -1.59. The van der Waals surface area contributed by atoms with Crippen LogP contribution in [0.25, 0.3) is 0 Å². The van der Waals surface area contributed by atoms with E-state index < -0.39 is 6.10 Å². The zero-order valence-electron chi connectivity index (χ0n) is 16.5. The summed E-state index contributed by atoms with van der Waals surface area (Å²) in [5.41, 5.74) is 2.99. The SMILES string of the molecule is CCN(CC)C(=O)CN1CCC2(CC1)C[C@@H](O)c1cc(C)c(C)cc1O2. The van der Waals surface area contributed by atoms with E-state index in [-0.39, 0.29) is 11.5 Å². The molecule has 1 amide bonds. The molecule has 1 aromatic rings. The average Bonchev–Trinajstić information content (AvgIpc) is 2.60. The molecule has 3 rings (SSSR count). The molecular formula is C21H32N2O3. The second-order valence-electron chi connectivity index (χ2n) is 7.82. The number of piperidine rings is 1. The number of aliphatic hydroxyl groups excluding tert-OH is 1. The van der Waals surface area contributed by atoms with E-state index in [0.29, 0.717) is 13.0 Å². The van der Waals surface area contributed by atoms with Gasteiger partial charge in [0.15, 0.2) is 0 Å². The van der Waals surface area contributed by atoms with Crippen LogP contribution in [0.1, 0.15) is 55.9 Å². The molecule has 0 unspecified atom stereocenters. The van der Waals surface area contributed by atoms with Gasteiger partial charge in [-0.2, -0.15) is 0 Å². The predicted octanol–water partition coefficient (Wildman–Crippen LogP) is 2.82. The van der Waals surface area contributed by atoms with E-state index in [9.17, 15) is 9.90 Å². The third kappa shape index (κ3) is 3.74. The molecule has 1 atom stereocenters. The molecule has 1 aromatic carbocycles. The average molecular weight is 360 g/mol. The first-order valence-corrected chi connectivity index (χ1v) is 9.86. The van der Waals surface area contributed by atoms with Crippen molar-refractivity contribution in [2.75, 3.05) is 32.7 Å². The van der Waals surface area contributed by atoms with Crippen molar-refractivity contribution in [3.8, 4) is 5.75 Å². The Morgan fingerprint density at radius 3 is 2.46 bits per heavy atom. The fourth-order valence-corrected chi connectivity index (χ4v) is 4.19. The van der Waals surface area contributed by atoms with E-state index in [1.807, 2.05) is 18.7 Å². The lowest BCUT2D eigenvalue weighted by atomic mass is 9.81. The molecule has 0 bridgehead atoms. The fraction of sp³-hybridized carbons (Fsp3) is 0.667. The lowest BCUT2D eigenvalue weighted by Crippen LogP contribution is -2.52. The molecule has 0 radical (unpaired) electrons. The standard InChI is InChI=1S/C21H32N2O3/c1-5-23(6-2)20(25)14-22-9-7-21(8-10-22)13-18(24)17-11-15(3)16(4)12-19(17)26-21/h11-12,18,24H,5-10,13-14H2,1-4H3/t18-/m1/s1. The normalized spacial score (nSPS) is 22.0. The van der Waals surface area contributed by atoms with Crippen LogP contribution in [0.5, 0.6) is 5.75 Å². The Labute approximate surface area is 156 Å². The van der Waals surface area contributed by atoms with Crippen LogP contribution in [0.15, 0.2) is 12.1 Å². The van der Waals surface area contributed by atoms with E-state index >= 15 is 0 Å². The molecule has 0 aliphatic carbocycles. The second kappa shape index (κ2) is 7.57. The highest BCUT2D eigenvalue weighted by atomic mass is 16.5. The van der Waals surface area contributed by atoms with E-state index in [2.05, 4.69) is 30.9 Å². The van der Waals surface area contributed by atoms with Gasteiger partial charge in [-0.15, -0.1) is 0 Å². The monoisotopic (exact) mass is 360 g/mol. The van der Waals surface area contributed by atoms with Crippen LogP contribution in [0.2, 0.25) is 0 Å². The molecule has 1 saturated heterocycles. The van der Waals surface area contributed by atoms with Crippen LogP contribution in [0.4, 0.5) is 0 Å². The number of amides is 1. The summed E-state index contributed by atoms with van der Waals surface area (Å²) in [6.45, 7) is 11.9. The molecule has 5 heteroatoms. The van der Waals surface area contributed by atoms with Gasteiger partial charge in [0.05, 0.1) is 12.6 Å². The Morgan fingerprint density at radius 1 is 1.23 bits per heavy atom. The second-order valence-corrected chi connectivity index (χ2v) is 7.82. The van der Waals surface area contributed by atoms with Gasteiger partial charge in [0.2, 0.25) is 5.91 Å². The van der Waals surface area contributed by atoms with Crippen LogP contribution in [-0.2, 0) is 4.79 Å². The number of likely N-dealkylation sites (N-methyl/N-ethyl adjacent to an activating group) is 1. The summed E-state index contributed by atoms with van der Waals surface area (Å²) < 4.78 is 6.43. The number of hydrogen-bond acceptors (Lipinski definition) is 4. The maximum atomic E-state index is 12.3. The topological polar surface area (TPSA) is 53.0 Å². The largest absolute Gasteiger partial charge is 0.487 e. The number of aryl methyl sites for hydroxylation is 2. The number of carbonyl (C=O) groups excluding carboxylic acids is 1. The molecule has 2 aliphatic heterocycles. The van der Waals surface area contributed by atoms with Crippen molar-refractivity contribution in [1.82, 2.24) is 9.80 Å². The van der Waals surface area contributed by atoms with E-state index in [4.69, 9.17) is 4.74 Å². The smallest absolute Gasteiger partial charge is 0.236 e.